The fraction of sp³-hybridized carbons (Fsp3) is 0. The average Bonchev–Trinajstić information content (AvgIpc) is 3.31. The molecule has 4 aromatic heterocycles. The van der Waals surface area contributed by atoms with E-state index < -0.39 is 0 Å². The molecule has 0 radical (unpaired) electrons. The van der Waals surface area contributed by atoms with E-state index >= 15 is 0 Å². The van der Waals surface area contributed by atoms with Crippen LogP contribution in [-0.2, 0) is 0 Å². The first kappa shape index (κ1) is 20.1. The Kier molecular flexibility index (Phi) is 4.19. The zero-order chi connectivity index (χ0) is 24.3. The third kappa shape index (κ3) is 2.93. The number of aromatic nitrogens is 4. The Morgan fingerprint density at radius 1 is 0.514 bits per heavy atom. The average molecular weight is 473 g/mol. The third-order valence-electron chi connectivity index (χ3n) is 7.33. The van der Waals surface area contributed by atoms with Crippen LogP contribution in [0.2, 0.25) is 0 Å². The highest BCUT2D eigenvalue weighted by Gasteiger charge is 2.18. The molecule has 0 aliphatic rings. The lowest BCUT2D eigenvalue weighted by Gasteiger charge is -2.13. The van der Waals surface area contributed by atoms with Crippen molar-refractivity contribution < 1.29 is 0 Å². The third-order valence-corrected chi connectivity index (χ3v) is 7.33. The number of pyridine rings is 3. The molecule has 0 aliphatic carbocycles. The highest BCUT2D eigenvalue weighted by atomic mass is 15.0. The Hall–Kier alpha value is -5.09. The first-order valence-electron chi connectivity index (χ1n) is 12.4. The van der Waals surface area contributed by atoms with E-state index in [0.29, 0.717) is 0 Å². The van der Waals surface area contributed by atoms with E-state index in [-0.39, 0.29) is 0 Å². The SMILES string of the molecule is c1cncc(-c2ccc3c(c2)c2c4ccccc4ccc2n3-c2cc3cccnc3c3ncccc23)c1. The maximum Gasteiger partial charge on any atom is 0.0985 e. The van der Waals surface area contributed by atoms with Crippen molar-refractivity contribution >= 4 is 54.4 Å². The summed E-state index contributed by atoms with van der Waals surface area (Å²) >= 11 is 0. The zero-order valence-electron chi connectivity index (χ0n) is 19.8. The molecule has 8 rings (SSSR count). The van der Waals surface area contributed by atoms with Gasteiger partial charge in [0.15, 0.2) is 0 Å². The molecule has 0 spiro atoms. The van der Waals surface area contributed by atoms with Crippen molar-refractivity contribution in [3.63, 3.8) is 0 Å². The molecule has 0 atom stereocenters. The van der Waals surface area contributed by atoms with E-state index in [4.69, 9.17) is 4.98 Å². The second-order valence-electron chi connectivity index (χ2n) is 9.36. The van der Waals surface area contributed by atoms with Crippen LogP contribution in [-0.4, -0.2) is 19.5 Å². The van der Waals surface area contributed by atoms with Crippen molar-refractivity contribution in [3.05, 3.63) is 122 Å². The lowest BCUT2D eigenvalue weighted by Crippen LogP contribution is -1.97. The van der Waals surface area contributed by atoms with Crippen LogP contribution in [0.4, 0.5) is 0 Å². The number of benzene rings is 4. The Bertz CT molecular complexity index is 2140. The van der Waals surface area contributed by atoms with E-state index in [1.54, 1.807) is 0 Å². The molecule has 0 saturated carbocycles. The standard InChI is InChI=1S/C33H20N4/c1-2-9-25-21(6-1)11-14-29-31(25)27-18-22(24-8-3-15-34-20-24)12-13-28(27)37(29)30-19-23-7-4-16-35-32(23)33-26(30)10-5-17-36-33/h1-20H. The predicted molar refractivity (Wildman–Crippen MR) is 152 cm³/mol. The van der Waals surface area contributed by atoms with E-state index in [2.05, 4.69) is 93.4 Å². The van der Waals surface area contributed by atoms with Crippen molar-refractivity contribution in [3.8, 4) is 16.8 Å². The summed E-state index contributed by atoms with van der Waals surface area (Å²) in [5.74, 6) is 0. The zero-order valence-corrected chi connectivity index (χ0v) is 19.8. The quantitative estimate of drug-likeness (QED) is 0.239. The predicted octanol–water partition coefficient (Wildman–Crippen LogP) is 8.10. The van der Waals surface area contributed by atoms with Crippen molar-refractivity contribution in [2.45, 2.75) is 0 Å². The number of fused-ring (bicyclic) bond motifs is 8. The van der Waals surface area contributed by atoms with Gasteiger partial charge in [-0.25, -0.2) is 0 Å². The maximum atomic E-state index is 4.76. The van der Waals surface area contributed by atoms with Crippen molar-refractivity contribution in [1.29, 1.82) is 0 Å². The molecule has 37 heavy (non-hydrogen) atoms. The first-order chi connectivity index (χ1) is 18.4. The van der Waals surface area contributed by atoms with E-state index in [9.17, 15) is 0 Å². The van der Waals surface area contributed by atoms with Crippen LogP contribution >= 0.6 is 0 Å². The summed E-state index contributed by atoms with van der Waals surface area (Å²) in [6.07, 6.45) is 7.42. The van der Waals surface area contributed by atoms with Gasteiger partial charge in [0.1, 0.15) is 0 Å². The fourth-order valence-electron chi connectivity index (χ4n) is 5.71. The van der Waals surface area contributed by atoms with E-state index in [0.717, 1.165) is 44.1 Å². The van der Waals surface area contributed by atoms with Crippen LogP contribution in [0, 0.1) is 0 Å². The van der Waals surface area contributed by atoms with Gasteiger partial charge in [0.25, 0.3) is 0 Å². The summed E-state index contributed by atoms with van der Waals surface area (Å²) in [7, 11) is 0. The van der Waals surface area contributed by atoms with E-state index in [1.165, 1.54) is 27.1 Å². The fourth-order valence-corrected chi connectivity index (χ4v) is 5.71. The molecule has 0 amide bonds. The van der Waals surface area contributed by atoms with Crippen molar-refractivity contribution in [2.75, 3.05) is 0 Å². The van der Waals surface area contributed by atoms with Crippen molar-refractivity contribution in [1.82, 2.24) is 19.5 Å². The largest absolute Gasteiger partial charge is 0.309 e. The molecular formula is C33H20N4. The van der Waals surface area contributed by atoms with Gasteiger partial charge >= 0.3 is 0 Å². The van der Waals surface area contributed by atoms with Gasteiger partial charge < -0.3 is 4.57 Å². The summed E-state index contributed by atoms with van der Waals surface area (Å²) < 4.78 is 2.39. The molecule has 0 unspecified atom stereocenters. The molecule has 0 aliphatic heterocycles. The lowest BCUT2D eigenvalue weighted by atomic mass is 10.0. The van der Waals surface area contributed by atoms with Crippen LogP contribution in [0.25, 0.3) is 71.2 Å². The molecule has 8 aromatic rings. The first-order valence-corrected chi connectivity index (χ1v) is 12.4. The van der Waals surface area contributed by atoms with Gasteiger partial charge in [-0.3, -0.25) is 15.0 Å². The maximum absolute atomic E-state index is 4.76. The minimum atomic E-state index is 0.915. The normalized spacial score (nSPS) is 11.8. The number of hydrogen-bond donors (Lipinski definition) is 0. The van der Waals surface area contributed by atoms with Crippen LogP contribution in [0.1, 0.15) is 0 Å². The molecule has 0 fully saturated rings. The van der Waals surface area contributed by atoms with Crippen LogP contribution in [0.5, 0.6) is 0 Å². The summed E-state index contributed by atoms with van der Waals surface area (Å²) in [6, 6.07) is 34.4. The Labute approximate surface area is 212 Å². The summed E-state index contributed by atoms with van der Waals surface area (Å²) in [6.45, 7) is 0. The number of rotatable bonds is 2. The Balaban J connectivity index is 1.57. The van der Waals surface area contributed by atoms with Gasteiger partial charge in [0, 0.05) is 51.9 Å². The summed E-state index contributed by atoms with van der Waals surface area (Å²) in [4.78, 5) is 13.8. The minimum Gasteiger partial charge on any atom is -0.309 e. The number of hydrogen-bond acceptors (Lipinski definition) is 3. The van der Waals surface area contributed by atoms with Gasteiger partial charge in [0.2, 0.25) is 0 Å². The monoisotopic (exact) mass is 472 g/mol. The second-order valence-corrected chi connectivity index (χ2v) is 9.36. The molecule has 4 heterocycles. The van der Waals surface area contributed by atoms with Crippen LogP contribution in [0.3, 0.4) is 0 Å². The molecule has 4 nitrogen and oxygen atoms in total. The molecule has 4 aromatic carbocycles. The lowest BCUT2D eigenvalue weighted by molar-refractivity contribution is 1.20. The van der Waals surface area contributed by atoms with Crippen molar-refractivity contribution in [2.24, 2.45) is 0 Å². The van der Waals surface area contributed by atoms with Gasteiger partial charge in [-0.05, 0) is 64.9 Å². The van der Waals surface area contributed by atoms with Gasteiger partial charge in [0.05, 0.1) is 27.8 Å². The highest BCUT2D eigenvalue weighted by Crippen LogP contribution is 2.40. The smallest absolute Gasteiger partial charge is 0.0985 e. The number of nitrogens with zero attached hydrogens (tertiary/aromatic N) is 4. The van der Waals surface area contributed by atoms with Crippen LogP contribution in [0.15, 0.2) is 122 Å². The molecule has 4 heteroatoms. The highest BCUT2D eigenvalue weighted by molar-refractivity contribution is 6.22. The van der Waals surface area contributed by atoms with Gasteiger partial charge in [-0.2, -0.15) is 0 Å². The Morgan fingerprint density at radius 3 is 2.22 bits per heavy atom. The second kappa shape index (κ2) is 7.70. The topological polar surface area (TPSA) is 43.6 Å². The molecule has 172 valence electrons. The van der Waals surface area contributed by atoms with E-state index in [1.807, 2.05) is 43.0 Å². The van der Waals surface area contributed by atoms with Gasteiger partial charge in [-0.15, -0.1) is 0 Å². The minimum absolute atomic E-state index is 0.915. The Morgan fingerprint density at radius 2 is 1.30 bits per heavy atom. The molecular weight excluding hydrogens is 452 g/mol. The van der Waals surface area contributed by atoms with Crippen LogP contribution < -0.4 is 0 Å². The molecule has 0 saturated heterocycles. The summed E-state index contributed by atoms with van der Waals surface area (Å²) in [5, 5.41) is 7.11. The summed E-state index contributed by atoms with van der Waals surface area (Å²) in [5.41, 5.74) is 7.54. The van der Waals surface area contributed by atoms with Gasteiger partial charge in [-0.1, -0.05) is 48.5 Å². The molecule has 0 N–H and O–H groups in total. The molecule has 0 bridgehead atoms.